The molecule has 1 atom stereocenters. The largest absolute Gasteiger partial charge is 0.330 e. The number of quaternary nitrogens is 1. The Morgan fingerprint density at radius 3 is 2.38 bits per heavy atom. The first-order valence-electron chi connectivity index (χ1n) is 8.29. The molecule has 0 bridgehead atoms. The summed E-state index contributed by atoms with van der Waals surface area (Å²) in [5, 5.41) is 0. The van der Waals surface area contributed by atoms with Gasteiger partial charge in [0.1, 0.15) is 17.2 Å². The summed E-state index contributed by atoms with van der Waals surface area (Å²) in [5.74, 6) is 0.802. The van der Waals surface area contributed by atoms with E-state index in [1.54, 1.807) is 0 Å². The molecule has 2 aromatic carbocycles. The number of hydrogen-bond donors (Lipinski definition) is 1. The average molecular weight is 324 g/mol. The second-order valence-electron chi connectivity index (χ2n) is 6.10. The van der Waals surface area contributed by atoms with E-state index in [0.717, 1.165) is 36.6 Å². The van der Waals surface area contributed by atoms with Gasteiger partial charge in [-0.1, -0.05) is 30.3 Å². The maximum atomic E-state index is 13.4. The Hall–Kier alpha value is -2.30. The first-order chi connectivity index (χ1) is 11.7. The van der Waals surface area contributed by atoms with Crippen LogP contribution in [0.15, 0.2) is 71.5 Å². The van der Waals surface area contributed by atoms with Crippen LogP contribution in [0.5, 0.6) is 0 Å². The normalized spacial score (nSPS) is 20.0. The first-order valence-corrected chi connectivity index (χ1v) is 8.29. The fourth-order valence-electron chi connectivity index (χ4n) is 3.38. The van der Waals surface area contributed by atoms with Gasteiger partial charge in [0.15, 0.2) is 0 Å². The number of halogens is 1. The fourth-order valence-corrected chi connectivity index (χ4v) is 3.38. The van der Waals surface area contributed by atoms with Gasteiger partial charge in [0.2, 0.25) is 5.84 Å². The van der Waals surface area contributed by atoms with Gasteiger partial charge in [-0.15, -0.1) is 0 Å². The van der Waals surface area contributed by atoms with E-state index in [4.69, 9.17) is 5.73 Å². The number of amidine groups is 1. The SMILES string of the molecule is CC1=CN=C(CCN)[N+]1(CCc1ccccc1)c1ccc(F)cc1. The molecule has 1 unspecified atom stereocenters. The van der Waals surface area contributed by atoms with Crippen molar-refractivity contribution in [2.45, 2.75) is 19.8 Å². The number of benzene rings is 2. The van der Waals surface area contributed by atoms with Crippen LogP contribution in [0.1, 0.15) is 18.9 Å². The predicted octanol–water partition coefficient (Wildman–Crippen LogP) is 4.00. The third kappa shape index (κ3) is 3.03. The van der Waals surface area contributed by atoms with E-state index < -0.39 is 0 Å². The van der Waals surface area contributed by atoms with Crippen LogP contribution in [0.3, 0.4) is 0 Å². The molecule has 2 N–H and O–H groups in total. The molecular weight excluding hydrogens is 301 g/mol. The van der Waals surface area contributed by atoms with Crippen molar-refractivity contribution < 1.29 is 4.39 Å². The summed E-state index contributed by atoms with van der Waals surface area (Å²) < 4.78 is 14.0. The van der Waals surface area contributed by atoms with Crippen molar-refractivity contribution in [2.24, 2.45) is 10.7 Å². The smallest absolute Gasteiger partial charge is 0.214 e. The Kier molecular flexibility index (Phi) is 4.88. The monoisotopic (exact) mass is 324 g/mol. The van der Waals surface area contributed by atoms with Crippen molar-refractivity contribution in [3.05, 3.63) is 77.9 Å². The van der Waals surface area contributed by atoms with Gasteiger partial charge in [0.05, 0.1) is 19.2 Å². The maximum Gasteiger partial charge on any atom is 0.214 e. The summed E-state index contributed by atoms with van der Waals surface area (Å²) in [4.78, 5) is 4.62. The minimum Gasteiger partial charge on any atom is -0.330 e. The van der Waals surface area contributed by atoms with Crippen LogP contribution in [-0.2, 0) is 6.42 Å². The Bertz CT molecular complexity index is 750. The van der Waals surface area contributed by atoms with Crippen LogP contribution in [0.2, 0.25) is 0 Å². The number of hydrogen-bond acceptors (Lipinski definition) is 2. The second-order valence-corrected chi connectivity index (χ2v) is 6.10. The minimum atomic E-state index is -0.224. The van der Waals surface area contributed by atoms with Crippen LogP contribution >= 0.6 is 0 Å². The number of nitrogens with zero attached hydrogens (tertiary/aromatic N) is 2. The number of allylic oxidation sites excluding steroid dienone is 1. The third-order valence-electron chi connectivity index (χ3n) is 4.66. The zero-order valence-electron chi connectivity index (χ0n) is 14.0. The molecular formula is C20H23FN3+. The van der Waals surface area contributed by atoms with Crippen molar-refractivity contribution in [2.75, 3.05) is 13.1 Å². The molecule has 0 amide bonds. The lowest BCUT2D eigenvalue weighted by Gasteiger charge is -2.35. The van der Waals surface area contributed by atoms with Crippen LogP contribution in [0, 0.1) is 5.82 Å². The number of aliphatic imine (C=N–C) groups is 1. The summed E-state index contributed by atoms with van der Waals surface area (Å²) in [6, 6.07) is 17.2. The van der Waals surface area contributed by atoms with E-state index in [1.807, 2.05) is 24.4 Å². The summed E-state index contributed by atoms with van der Waals surface area (Å²) in [7, 11) is 0. The van der Waals surface area contributed by atoms with Gasteiger partial charge >= 0.3 is 0 Å². The van der Waals surface area contributed by atoms with Crippen LogP contribution < -0.4 is 10.2 Å². The van der Waals surface area contributed by atoms with Gasteiger partial charge in [-0.2, -0.15) is 0 Å². The van der Waals surface area contributed by atoms with E-state index in [0.29, 0.717) is 11.0 Å². The molecule has 0 fully saturated rings. The van der Waals surface area contributed by atoms with Gasteiger partial charge in [0.25, 0.3) is 0 Å². The summed E-state index contributed by atoms with van der Waals surface area (Å²) >= 11 is 0. The van der Waals surface area contributed by atoms with Gasteiger partial charge in [-0.25, -0.2) is 13.9 Å². The molecule has 3 nitrogen and oxygen atoms in total. The highest BCUT2D eigenvalue weighted by atomic mass is 19.1. The number of nitrogens with two attached hydrogens (primary N) is 1. The lowest BCUT2D eigenvalue weighted by atomic mass is 10.1. The Balaban J connectivity index is 1.99. The van der Waals surface area contributed by atoms with E-state index in [2.05, 4.69) is 36.2 Å². The van der Waals surface area contributed by atoms with E-state index in [1.165, 1.54) is 17.7 Å². The topological polar surface area (TPSA) is 38.4 Å². The zero-order valence-corrected chi connectivity index (χ0v) is 14.0. The van der Waals surface area contributed by atoms with Gasteiger partial charge in [-0.3, -0.25) is 0 Å². The van der Waals surface area contributed by atoms with E-state index in [9.17, 15) is 4.39 Å². The maximum absolute atomic E-state index is 13.4. The minimum absolute atomic E-state index is 0.224. The van der Waals surface area contributed by atoms with Crippen molar-refractivity contribution in [1.82, 2.24) is 4.48 Å². The molecule has 0 saturated heterocycles. The fraction of sp³-hybridized carbons (Fsp3) is 0.250. The highest BCUT2D eigenvalue weighted by Crippen LogP contribution is 2.35. The lowest BCUT2D eigenvalue weighted by molar-refractivity contribution is 0.498. The predicted molar refractivity (Wildman–Crippen MR) is 98.1 cm³/mol. The van der Waals surface area contributed by atoms with Gasteiger partial charge < -0.3 is 5.73 Å². The first kappa shape index (κ1) is 16.6. The van der Waals surface area contributed by atoms with Crippen LogP contribution in [0.4, 0.5) is 10.1 Å². The molecule has 1 aliphatic rings. The molecule has 124 valence electrons. The lowest BCUT2D eigenvalue weighted by Crippen LogP contribution is -2.52. The molecule has 0 aliphatic carbocycles. The van der Waals surface area contributed by atoms with Crippen molar-refractivity contribution in [3.8, 4) is 0 Å². The molecule has 3 rings (SSSR count). The molecule has 1 heterocycles. The Labute approximate surface area is 142 Å². The summed E-state index contributed by atoms with van der Waals surface area (Å²) in [5.41, 5.74) is 9.26. The number of rotatable bonds is 6. The third-order valence-corrected chi connectivity index (χ3v) is 4.66. The summed E-state index contributed by atoms with van der Waals surface area (Å²) in [6.45, 7) is 3.48. The molecule has 4 heteroatoms. The van der Waals surface area contributed by atoms with Crippen LogP contribution in [0.25, 0.3) is 0 Å². The standard InChI is InChI=1S/C20H23FN3/c1-16-15-23-20(11-13-22)24(16,19-9-7-18(21)8-10-19)14-12-17-5-3-2-4-6-17/h2-10,15H,11-14,22H2,1H3/q+1. The van der Waals surface area contributed by atoms with Gasteiger partial charge in [-0.05, 0) is 17.7 Å². The van der Waals surface area contributed by atoms with E-state index in [-0.39, 0.29) is 5.82 Å². The molecule has 0 aromatic heterocycles. The highest BCUT2D eigenvalue weighted by Gasteiger charge is 2.41. The molecule has 0 saturated carbocycles. The molecule has 2 aromatic rings. The van der Waals surface area contributed by atoms with Crippen molar-refractivity contribution in [1.29, 1.82) is 0 Å². The molecule has 0 radical (unpaired) electrons. The Morgan fingerprint density at radius 2 is 1.71 bits per heavy atom. The quantitative estimate of drug-likeness (QED) is 0.802. The molecule has 0 spiro atoms. The van der Waals surface area contributed by atoms with E-state index >= 15 is 0 Å². The Morgan fingerprint density at radius 1 is 1.00 bits per heavy atom. The van der Waals surface area contributed by atoms with Crippen molar-refractivity contribution in [3.63, 3.8) is 0 Å². The average Bonchev–Trinajstić information content (AvgIpc) is 2.92. The van der Waals surface area contributed by atoms with Crippen molar-refractivity contribution >= 4 is 11.5 Å². The highest BCUT2D eigenvalue weighted by molar-refractivity contribution is 5.98. The van der Waals surface area contributed by atoms with Crippen LogP contribution in [-0.4, -0.2) is 18.9 Å². The molecule has 24 heavy (non-hydrogen) atoms. The molecule has 1 aliphatic heterocycles. The zero-order chi connectivity index (χ0) is 17.0. The van der Waals surface area contributed by atoms with Gasteiger partial charge in [0, 0.05) is 32.0 Å². The summed E-state index contributed by atoms with van der Waals surface area (Å²) in [6.07, 6.45) is 3.55. The second kappa shape index (κ2) is 7.07.